The molecule has 0 spiro atoms. The summed E-state index contributed by atoms with van der Waals surface area (Å²) in [6.45, 7) is 2.05. The molecule has 0 heterocycles. The first-order chi connectivity index (χ1) is 9.10. The van der Waals surface area contributed by atoms with Gasteiger partial charge in [-0.1, -0.05) is 6.07 Å². The molecular weight excluding hydrogens is 251 g/mol. The number of rotatable bonds is 7. The first-order valence-electron chi connectivity index (χ1n) is 6.11. The number of methoxy groups -OCH3 is 1. The Hall–Kier alpha value is -1.91. The van der Waals surface area contributed by atoms with Crippen molar-refractivity contribution in [3.8, 4) is 5.75 Å². The Kier molecular flexibility index (Phi) is 5.99. The van der Waals surface area contributed by atoms with Gasteiger partial charge in [-0.2, -0.15) is 0 Å². The fraction of sp³-hybridized carbons (Fsp3) is 0.429. The lowest BCUT2D eigenvalue weighted by Crippen LogP contribution is -2.07. The summed E-state index contributed by atoms with van der Waals surface area (Å²) in [6, 6.07) is 4.19. The maximum Gasteiger partial charge on any atom is 0.305 e. The summed E-state index contributed by atoms with van der Waals surface area (Å²) in [7, 11) is 1.31. The number of benzene rings is 1. The lowest BCUT2D eigenvalue weighted by molar-refractivity contribution is -0.143. The smallest absolute Gasteiger partial charge is 0.305 e. The molecule has 0 N–H and O–H groups in total. The number of esters is 1. The normalized spacial score (nSPS) is 10.1. The fourth-order valence-electron chi connectivity index (χ4n) is 1.70. The molecule has 104 valence electrons. The fourth-order valence-corrected chi connectivity index (χ4v) is 1.70. The van der Waals surface area contributed by atoms with Crippen molar-refractivity contribution in [2.45, 2.75) is 26.2 Å². The lowest BCUT2D eigenvalue weighted by Gasteiger charge is -2.08. The van der Waals surface area contributed by atoms with E-state index >= 15 is 0 Å². The Balaban J connectivity index is 2.59. The van der Waals surface area contributed by atoms with E-state index in [9.17, 15) is 14.0 Å². The van der Waals surface area contributed by atoms with Crippen LogP contribution in [0.3, 0.4) is 0 Å². The molecule has 4 nitrogen and oxygen atoms in total. The Bertz CT molecular complexity index is 457. The van der Waals surface area contributed by atoms with Crippen LogP contribution in [0.5, 0.6) is 5.75 Å². The summed E-state index contributed by atoms with van der Waals surface area (Å²) in [5.41, 5.74) is 0.200. The zero-order chi connectivity index (χ0) is 14.3. The Morgan fingerprint density at radius 2 is 2.00 bits per heavy atom. The maximum absolute atomic E-state index is 13.4. The summed E-state index contributed by atoms with van der Waals surface area (Å²) < 4.78 is 23.0. The van der Waals surface area contributed by atoms with Crippen molar-refractivity contribution < 1.29 is 23.5 Å². The topological polar surface area (TPSA) is 52.6 Å². The average Bonchev–Trinajstić information content (AvgIpc) is 2.38. The number of Topliss-reactive ketones (excluding diaryl/α,β-unsaturated/α-hetero) is 1. The highest BCUT2D eigenvalue weighted by atomic mass is 19.1. The van der Waals surface area contributed by atoms with Crippen LogP contribution in [-0.2, 0) is 9.53 Å². The van der Waals surface area contributed by atoms with Crippen LogP contribution in [0.15, 0.2) is 18.2 Å². The molecule has 1 aromatic rings. The van der Waals surface area contributed by atoms with Crippen LogP contribution < -0.4 is 4.74 Å². The summed E-state index contributed by atoms with van der Waals surface area (Å²) in [4.78, 5) is 23.0. The quantitative estimate of drug-likeness (QED) is 0.563. The molecule has 0 aliphatic heterocycles. The Morgan fingerprint density at radius 3 is 2.63 bits per heavy atom. The van der Waals surface area contributed by atoms with Gasteiger partial charge in [-0.05, 0) is 25.5 Å². The second kappa shape index (κ2) is 7.51. The van der Waals surface area contributed by atoms with Gasteiger partial charge >= 0.3 is 5.97 Å². The molecule has 0 atom stereocenters. The highest BCUT2D eigenvalue weighted by Crippen LogP contribution is 2.24. The maximum atomic E-state index is 13.4. The molecule has 0 aromatic heterocycles. The number of carbonyl (C=O) groups is 2. The van der Waals surface area contributed by atoms with Crippen molar-refractivity contribution in [1.29, 1.82) is 0 Å². The van der Waals surface area contributed by atoms with Gasteiger partial charge in [0.25, 0.3) is 0 Å². The number of para-hydroxylation sites is 1. The zero-order valence-electron chi connectivity index (χ0n) is 11.1. The van der Waals surface area contributed by atoms with Gasteiger partial charge < -0.3 is 9.47 Å². The second-order valence-electron chi connectivity index (χ2n) is 3.90. The predicted octanol–water partition coefficient (Wildman–Crippen LogP) is 2.75. The van der Waals surface area contributed by atoms with Crippen molar-refractivity contribution in [3.63, 3.8) is 0 Å². The van der Waals surface area contributed by atoms with Crippen molar-refractivity contribution in [2.24, 2.45) is 0 Å². The Labute approximate surface area is 111 Å². The number of ketones is 1. The second-order valence-corrected chi connectivity index (χ2v) is 3.90. The molecule has 1 aromatic carbocycles. The largest absolute Gasteiger partial charge is 0.493 e. The van der Waals surface area contributed by atoms with E-state index in [2.05, 4.69) is 0 Å². The summed E-state index contributed by atoms with van der Waals surface area (Å²) in [5, 5.41) is 0. The van der Waals surface area contributed by atoms with E-state index in [1.165, 1.54) is 25.3 Å². The third-order valence-corrected chi connectivity index (χ3v) is 2.56. The molecule has 5 heteroatoms. The Morgan fingerprint density at radius 1 is 1.26 bits per heavy atom. The van der Waals surface area contributed by atoms with E-state index in [4.69, 9.17) is 9.47 Å². The molecule has 0 aliphatic carbocycles. The van der Waals surface area contributed by atoms with Crippen LogP contribution in [0, 0.1) is 5.82 Å². The minimum Gasteiger partial charge on any atom is -0.493 e. The number of halogens is 1. The van der Waals surface area contributed by atoms with E-state index < -0.39 is 5.82 Å². The molecule has 0 amide bonds. The summed E-state index contributed by atoms with van der Waals surface area (Å²) in [5.74, 6) is -1.20. The molecular formula is C14H17FO4. The van der Waals surface area contributed by atoms with E-state index in [0.29, 0.717) is 13.0 Å². The van der Waals surface area contributed by atoms with Gasteiger partial charge in [0, 0.05) is 12.8 Å². The van der Waals surface area contributed by atoms with Gasteiger partial charge in [0.05, 0.1) is 19.3 Å². The number of ether oxygens (including phenoxy) is 2. The van der Waals surface area contributed by atoms with Crippen molar-refractivity contribution in [1.82, 2.24) is 0 Å². The zero-order valence-corrected chi connectivity index (χ0v) is 11.1. The van der Waals surface area contributed by atoms with E-state index in [1.807, 2.05) is 0 Å². The molecule has 0 bridgehead atoms. The predicted molar refractivity (Wildman–Crippen MR) is 67.8 cm³/mol. The molecule has 0 radical (unpaired) electrons. The van der Waals surface area contributed by atoms with Crippen molar-refractivity contribution in [2.75, 3.05) is 13.7 Å². The first-order valence-corrected chi connectivity index (χ1v) is 6.11. The van der Waals surface area contributed by atoms with Gasteiger partial charge in [0.15, 0.2) is 17.3 Å². The molecule has 19 heavy (non-hydrogen) atoms. The van der Waals surface area contributed by atoms with Gasteiger partial charge in [0.2, 0.25) is 0 Å². The third-order valence-electron chi connectivity index (χ3n) is 2.56. The van der Waals surface area contributed by atoms with E-state index in [0.717, 1.165) is 0 Å². The summed E-state index contributed by atoms with van der Waals surface area (Å²) in [6.07, 6.45) is 0.702. The van der Waals surface area contributed by atoms with Crippen LogP contribution in [0.25, 0.3) is 0 Å². The monoisotopic (exact) mass is 268 g/mol. The summed E-state index contributed by atoms with van der Waals surface area (Å²) >= 11 is 0. The van der Waals surface area contributed by atoms with Gasteiger partial charge in [-0.15, -0.1) is 0 Å². The molecule has 0 fully saturated rings. The highest BCUT2D eigenvalue weighted by Gasteiger charge is 2.15. The van der Waals surface area contributed by atoms with Gasteiger partial charge in [-0.25, -0.2) is 4.39 Å². The highest BCUT2D eigenvalue weighted by molar-refractivity contribution is 5.98. The van der Waals surface area contributed by atoms with Crippen LogP contribution in [-0.4, -0.2) is 25.5 Å². The van der Waals surface area contributed by atoms with Crippen LogP contribution in [0.1, 0.15) is 36.5 Å². The van der Waals surface area contributed by atoms with Crippen LogP contribution in [0.2, 0.25) is 0 Å². The number of hydrogen-bond acceptors (Lipinski definition) is 4. The van der Waals surface area contributed by atoms with Gasteiger partial charge in [0.1, 0.15) is 0 Å². The van der Waals surface area contributed by atoms with E-state index in [-0.39, 0.29) is 35.9 Å². The number of carbonyl (C=O) groups excluding carboxylic acids is 2. The lowest BCUT2D eigenvalue weighted by atomic mass is 10.0. The first kappa shape index (κ1) is 15.1. The van der Waals surface area contributed by atoms with Crippen LogP contribution >= 0.6 is 0 Å². The van der Waals surface area contributed by atoms with Crippen molar-refractivity contribution in [3.05, 3.63) is 29.6 Å². The average molecular weight is 268 g/mol. The minimum absolute atomic E-state index is 0.0522. The van der Waals surface area contributed by atoms with Gasteiger partial charge in [-0.3, -0.25) is 9.59 Å². The molecule has 0 aliphatic rings. The van der Waals surface area contributed by atoms with E-state index in [1.54, 1.807) is 6.92 Å². The minimum atomic E-state index is -0.571. The molecule has 1 rings (SSSR count). The molecule has 0 unspecified atom stereocenters. The molecule has 0 saturated carbocycles. The molecule has 0 saturated heterocycles. The standard InChI is InChI=1S/C14H17FO4/c1-3-19-13(17)9-5-8-12(16)10-6-4-7-11(15)14(10)18-2/h4,6-7H,3,5,8-9H2,1-2H3. The van der Waals surface area contributed by atoms with Crippen LogP contribution in [0.4, 0.5) is 4.39 Å². The van der Waals surface area contributed by atoms with Crippen molar-refractivity contribution >= 4 is 11.8 Å². The number of hydrogen-bond donors (Lipinski definition) is 0. The SMILES string of the molecule is CCOC(=O)CCCC(=O)c1cccc(F)c1OC. The third kappa shape index (κ3) is 4.35.